The summed E-state index contributed by atoms with van der Waals surface area (Å²) in [5.41, 5.74) is 8.57. The van der Waals surface area contributed by atoms with Gasteiger partial charge in [-0.1, -0.05) is 12.1 Å². The molecule has 3 rings (SSSR count). The van der Waals surface area contributed by atoms with Gasteiger partial charge in [-0.05, 0) is 18.1 Å². The van der Waals surface area contributed by atoms with Crippen LogP contribution in [0.4, 0.5) is 11.4 Å². The highest BCUT2D eigenvalue weighted by Crippen LogP contribution is 2.33. The van der Waals surface area contributed by atoms with Gasteiger partial charge in [-0.25, -0.2) is 9.67 Å². The summed E-state index contributed by atoms with van der Waals surface area (Å²) in [5.74, 6) is -0.0165. The molecule has 1 aliphatic rings. The van der Waals surface area contributed by atoms with Gasteiger partial charge in [-0.3, -0.25) is 4.79 Å². The average Bonchev–Trinajstić information content (AvgIpc) is 2.97. The summed E-state index contributed by atoms with van der Waals surface area (Å²) in [7, 11) is 0. The highest BCUT2D eigenvalue weighted by Gasteiger charge is 2.26. The van der Waals surface area contributed by atoms with Crippen LogP contribution in [-0.4, -0.2) is 27.2 Å². The predicted octanol–water partition coefficient (Wildman–Crippen LogP) is 0.450. The maximum absolute atomic E-state index is 12.2. The zero-order valence-corrected chi connectivity index (χ0v) is 9.78. The van der Waals surface area contributed by atoms with Crippen LogP contribution in [0.1, 0.15) is 5.56 Å². The lowest BCUT2D eigenvalue weighted by molar-refractivity contribution is -0.119. The van der Waals surface area contributed by atoms with Crippen LogP contribution in [0.3, 0.4) is 0 Å². The number of rotatable bonds is 2. The molecule has 0 aliphatic carbocycles. The van der Waals surface area contributed by atoms with Crippen molar-refractivity contribution in [1.29, 1.82) is 0 Å². The lowest BCUT2D eigenvalue weighted by Gasteiger charge is -2.18. The molecular formula is C12H13N5O. The first-order valence-corrected chi connectivity index (χ1v) is 5.76. The fraction of sp³-hybridized carbons (Fsp3) is 0.250. The third kappa shape index (κ3) is 1.71. The first kappa shape index (κ1) is 10.8. The zero-order chi connectivity index (χ0) is 12.5. The van der Waals surface area contributed by atoms with Crippen LogP contribution in [0.5, 0.6) is 0 Å². The summed E-state index contributed by atoms with van der Waals surface area (Å²) < 4.78 is 1.51. The van der Waals surface area contributed by atoms with E-state index in [9.17, 15) is 4.79 Å². The summed E-state index contributed by atoms with van der Waals surface area (Å²) in [5, 5.41) is 3.93. The number of nitrogen functional groups attached to an aromatic ring is 1. The number of benzene rings is 1. The van der Waals surface area contributed by atoms with Crippen LogP contribution < -0.4 is 10.6 Å². The van der Waals surface area contributed by atoms with Crippen LogP contribution in [0.25, 0.3) is 0 Å². The number of anilines is 2. The minimum Gasteiger partial charge on any atom is -0.397 e. The molecule has 18 heavy (non-hydrogen) atoms. The number of hydrogen-bond acceptors (Lipinski definition) is 4. The molecule has 1 amide bonds. The predicted molar refractivity (Wildman–Crippen MR) is 66.9 cm³/mol. The van der Waals surface area contributed by atoms with Gasteiger partial charge in [0.05, 0.1) is 11.4 Å². The summed E-state index contributed by atoms with van der Waals surface area (Å²) in [6.45, 7) is 0.866. The first-order chi connectivity index (χ1) is 8.75. The van der Waals surface area contributed by atoms with Gasteiger partial charge in [-0.15, -0.1) is 0 Å². The van der Waals surface area contributed by atoms with Crippen LogP contribution in [0.15, 0.2) is 30.9 Å². The number of nitrogens with two attached hydrogens (primary N) is 1. The lowest BCUT2D eigenvalue weighted by atomic mass is 10.1. The molecule has 0 unspecified atom stereocenters. The van der Waals surface area contributed by atoms with E-state index in [1.807, 2.05) is 18.2 Å². The normalized spacial score (nSPS) is 13.7. The van der Waals surface area contributed by atoms with Gasteiger partial charge in [0.2, 0.25) is 5.91 Å². The summed E-state index contributed by atoms with van der Waals surface area (Å²) in [4.78, 5) is 17.8. The molecule has 1 aliphatic heterocycles. The van der Waals surface area contributed by atoms with Crippen molar-refractivity contribution in [2.45, 2.75) is 13.0 Å². The lowest BCUT2D eigenvalue weighted by Crippen LogP contribution is -2.32. The van der Waals surface area contributed by atoms with Crippen molar-refractivity contribution < 1.29 is 4.79 Å². The molecule has 1 aromatic carbocycles. The van der Waals surface area contributed by atoms with Gasteiger partial charge in [0.1, 0.15) is 19.2 Å². The van der Waals surface area contributed by atoms with Gasteiger partial charge in [0, 0.05) is 6.54 Å². The molecule has 1 aromatic heterocycles. The van der Waals surface area contributed by atoms with E-state index >= 15 is 0 Å². The Labute approximate surface area is 104 Å². The van der Waals surface area contributed by atoms with Crippen LogP contribution in [0, 0.1) is 0 Å². The highest BCUT2D eigenvalue weighted by molar-refractivity contribution is 5.98. The molecule has 6 nitrogen and oxygen atoms in total. The van der Waals surface area contributed by atoms with Crippen molar-refractivity contribution in [2.24, 2.45) is 0 Å². The third-order valence-corrected chi connectivity index (χ3v) is 3.09. The monoisotopic (exact) mass is 243 g/mol. The Morgan fingerprint density at radius 1 is 1.44 bits per heavy atom. The minimum absolute atomic E-state index is 0.0165. The van der Waals surface area contributed by atoms with E-state index in [4.69, 9.17) is 5.73 Å². The fourth-order valence-corrected chi connectivity index (χ4v) is 2.27. The third-order valence-electron chi connectivity index (χ3n) is 3.09. The standard InChI is InChI=1S/C12H13N5O/c13-10-3-1-2-9-4-5-17(12(9)10)11(18)6-16-8-14-7-15-16/h1-3,7-8H,4-6,13H2. The summed E-state index contributed by atoms with van der Waals surface area (Å²) >= 11 is 0. The number of hydrogen-bond donors (Lipinski definition) is 1. The van der Waals surface area contributed by atoms with E-state index < -0.39 is 0 Å². The van der Waals surface area contributed by atoms with Crippen LogP contribution in [0.2, 0.25) is 0 Å². The summed E-state index contributed by atoms with van der Waals surface area (Å²) in [6.07, 6.45) is 3.80. The van der Waals surface area contributed by atoms with Gasteiger partial charge < -0.3 is 10.6 Å². The molecule has 92 valence electrons. The number of nitrogens with zero attached hydrogens (tertiary/aromatic N) is 4. The SMILES string of the molecule is Nc1cccc2c1N(C(=O)Cn1cncn1)CC2. The average molecular weight is 243 g/mol. The maximum atomic E-state index is 12.2. The number of fused-ring (bicyclic) bond motifs is 1. The molecule has 0 saturated carbocycles. The van der Waals surface area contributed by atoms with Crippen molar-refractivity contribution in [1.82, 2.24) is 14.8 Å². The second kappa shape index (κ2) is 4.14. The van der Waals surface area contributed by atoms with E-state index in [1.165, 1.54) is 17.3 Å². The van der Waals surface area contributed by atoms with E-state index in [0.29, 0.717) is 12.2 Å². The van der Waals surface area contributed by atoms with Gasteiger partial charge in [0.15, 0.2) is 0 Å². The molecule has 0 atom stereocenters. The Bertz CT molecular complexity index is 578. The first-order valence-electron chi connectivity index (χ1n) is 5.76. The number of para-hydroxylation sites is 1. The van der Waals surface area contributed by atoms with Crippen molar-refractivity contribution in [3.05, 3.63) is 36.4 Å². The Morgan fingerprint density at radius 2 is 2.33 bits per heavy atom. The molecule has 0 radical (unpaired) electrons. The topological polar surface area (TPSA) is 77.0 Å². The quantitative estimate of drug-likeness (QED) is 0.777. The van der Waals surface area contributed by atoms with Crippen LogP contribution in [-0.2, 0) is 17.8 Å². The molecule has 0 saturated heterocycles. The largest absolute Gasteiger partial charge is 0.397 e. The molecule has 2 heterocycles. The number of carbonyl (C=O) groups excluding carboxylic acids is 1. The minimum atomic E-state index is -0.0165. The summed E-state index contributed by atoms with van der Waals surface area (Å²) in [6, 6.07) is 5.74. The molecule has 0 fully saturated rings. The second-order valence-electron chi connectivity index (χ2n) is 4.24. The Kier molecular flexibility index (Phi) is 2.47. The molecule has 2 aromatic rings. The van der Waals surface area contributed by atoms with Gasteiger partial charge in [0.25, 0.3) is 0 Å². The number of carbonyl (C=O) groups is 1. The Balaban J connectivity index is 1.86. The molecule has 6 heteroatoms. The fourth-order valence-electron chi connectivity index (χ4n) is 2.27. The Morgan fingerprint density at radius 3 is 3.11 bits per heavy atom. The van der Waals surface area contributed by atoms with Gasteiger partial charge in [-0.2, -0.15) is 5.10 Å². The van der Waals surface area contributed by atoms with E-state index in [2.05, 4.69) is 10.1 Å². The van der Waals surface area contributed by atoms with E-state index in [1.54, 1.807) is 4.90 Å². The van der Waals surface area contributed by atoms with Crippen molar-refractivity contribution >= 4 is 17.3 Å². The van der Waals surface area contributed by atoms with E-state index in [-0.39, 0.29) is 12.5 Å². The Hall–Kier alpha value is -2.37. The molecule has 0 spiro atoms. The number of amides is 1. The molecule has 0 bridgehead atoms. The highest BCUT2D eigenvalue weighted by atomic mass is 16.2. The maximum Gasteiger partial charge on any atom is 0.248 e. The number of aromatic nitrogens is 3. The van der Waals surface area contributed by atoms with Gasteiger partial charge >= 0.3 is 0 Å². The smallest absolute Gasteiger partial charge is 0.248 e. The van der Waals surface area contributed by atoms with Crippen molar-refractivity contribution in [3.63, 3.8) is 0 Å². The second-order valence-corrected chi connectivity index (χ2v) is 4.24. The van der Waals surface area contributed by atoms with E-state index in [0.717, 1.165) is 17.7 Å². The van der Waals surface area contributed by atoms with Crippen LogP contribution >= 0.6 is 0 Å². The van der Waals surface area contributed by atoms with Crippen molar-refractivity contribution in [3.8, 4) is 0 Å². The zero-order valence-electron chi connectivity index (χ0n) is 9.78. The molecular weight excluding hydrogens is 230 g/mol. The van der Waals surface area contributed by atoms with Crippen molar-refractivity contribution in [2.75, 3.05) is 17.2 Å². The molecule has 2 N–H and O–H groups in total.